The van der Waals surface area contributed by atoms with Gasteiger partial charge in [0.05, 0.1) is 17.8 Å². The molecule has 4 N–H and O–H groups in total. The highest BCUT2D eigenvalue weighted by molar-refractivity contribution is 6.36. The van der Waals surface area contributed by atoms with Crippen molar-refractivity contribution in [1.29, 1.82) is 0 Å². The summed E-state index contributed by atoms with van der Waals surface area (Å²) in [5, 5.41) is 2.70. The fourth-order valence-corrected chi connectivity index (χ4v) is 4.59. The number of carbonyl (C=O) groups is 2. The normalized spacial score (nSPS) is 21.5. The molecule has 6 nitrogen and oxygen atoms in total. The molecule has 2 heterocycles. The molecular formula is C26H30N4O2. The summed E-state index contributed by atoms with van der Waals surface area (Å²) in [5.74, 6) is 2.57. The van der Waals surface area contributed by atoms with E-state index in [1.807, 2.05) is 37.1 Å². The Morgan fingerprint density at radius 1 is 1.31 bits per heavy atom. The first-order valence-electron chi connectivity index (χ1n) is 11.2. The maximum Gasteiger partial charge on any atom is 0.259 e. The first kappa shape index (κ1) is 21.9. The summed E-state index contributed by atoms with van der Waals surface area (Å²) < 4.78 is 0. The van der Waals surface area contributed by atoms with Gasteiger partial charge >= 0.3 is 0 Å². The van der Waals surface area contributed by atoms with Crippen LogP contribution >= 0.6 is 0 Å². The van der Waals surface area contributed by atoms with Crippen LogP contribution in [0.2, 0.25) is 0 Å². The van der Waals surface area contributed by atoms with Gasteiger partial charge in [0.15, 0.2) is 0 Å². The van der Waals surface area contributed by atoms with Crippen LogP contribution in [0.15, 0.2) is 24.4 Å². The van der Waals surface area contributed by atoms with Crippen molar-refractivity contribution >= 4 is 29.2 Å². The lowest BCUT2D eigenvalue weighted by Gasteiger charge is -2.29. The number of terminal acetylenes is 1. The second-order valence-corrected chi connectivity index (χ2v) is 8.88. The maximum absolute atomic E-state index is 13.6. The number of benzene rings is 1. The third kappa shape index (κ3) is 4.21. The smallest absolute Gasteiger partial charge is 0.259 e. The van der Waals surface area contributed by atoms with Crippen LogP contribution in [-0.4, -0.2) is 35.9 Å². The van der Waals surface area contributed by atoms with E-state index in [0.29, 0.717) is 23.6 Å². The van der Waals surface area contributed by atoms with Crippen molar-refractivity contribution in [3.05, 3.63) is 52.3 Å². The molecule has 0 atom stereocenters. The number of anilines is 1. The van der Waals surface area contributed by atoms with Gasteiger partial charge in [0.2, 0.25) is 0 Å². The van der Waals surface area contributed by atoms with Crippen LogP contribution < -0.4 is 16.0 Å². The third-order valence-corrected chi connectivity index (χ3v) is 6.73. The fraction of sp³-hybridized carbons (Fsp3) is 0.385. The van der Waals surface area contributed by atoms with Crippen LogP contribution in [0.5, 0.6) is 0 Å². The second kappa shape index (κ2) is 9.05. The predicted molar refractivity (Wildman–Crippen MR) is 128 cm³/mol. The molecule has 0 bridgehead atoms. The predicted octanol–water partition coefficient (Wildman–Crippen LogP) is 3.40. The Kier molecular flexibility index (Phi) is 6.20. The van der Waals surface area contributed by atoms with Crippen molar-refractivity contribution < 1.29 is 9.59 Å². The van der Waals surface area contributed by atoms with E-state index in [1.54, 1.807) is 12.1 Å². The Balaban J connectivity index is 1.71. The van der Waals surface area contributed by atoms with E-state index in [1.165, 1.54) is 0 Å². The molecule has 1 aliphatic heterocycles. The van der Waals surface area contributed by atoms with E-state index in [-0.39, 0.29) is 24.4 Å². The molecule has 166 valence electrons. The summed E-state index contributed by atoms with van der Waals surface area (Å²) >= 11 is 0. The van der Waals surface area contributed by atoms with Crippen molar-refractivity contribution in [2.24, 2.45) is 11.7 Å². The molecule has 1 saturated carbocycles. The number of rotatable bonds is 5. The van der Waals surface area contributed by atoms with E-state index in [4.69, 9.17) is 12.2 Å². The molecule has 4 rings (SSSR count). The van der Waals surface area contributed by atoms with Crippen LogP contribution in [0.4, 0.5) is 5.69 Å². The first-order chi connectivity index (χ1) is 15.4. The van der Waals surface area contributed by atoms with E-state index < -0.39 is 0 Å². The van der Waals surface area contributed by atoms with Crippen molar-refractivity contribution in [1.82, 2.24) is 10.3 Å². The first-order valence-corrected chi connectivity index (χ1v) is 11.2. The highest BCUT2D eigenvalue weighted by atomic mass is 16.2. The molecule has 2 aromatic rings. The number of hydrogen-bond acceptors (Lipinski definition) is 3. The molecule has 0 spiro atoms. The molecule has 2 aliphatic rings. The number of aromatic amines is 1. The molecule has 6 heteroatoms. The Hall–Kier alpha value is -3.30. The van der Waals surface area contributed by atoms with Crippen molar-refractivity contribution in [2.45, 2.75) is 45.6 Å². The molecular weight excluding hydrogens is 400 g/mol. The highest BCUT2D eigenvalue weighted by Gasteiger charge is 2.35. The van der Waals surface area contributed by atoms with Crippen LogP contribution in [0, 0.1) is 32.1 Å². The average Bonchev–Trinajstić information content (AvgIpc) is 3.24. The van der Waals surface area contributed by atoms with Gasteiger partial charge in [0.1, 0.15) is 0 Å². The molecule has 1 aliphatic carbocycles. The summed E-state index contributed by atoms with van der Waals surface area (Å²) in [5.41, 5.74) is 11.9. The topological polar surface area (TPSA) is 91.2 Å². The van der Waals surface area contributed by atoms with Gasteiger partial charge in [-0.1, -0.05) is 5.92 Å². The maximum atomic E-state index is 13.6. The zero-order valence-electron chi connectivity index (χ0n) is 18.7. The standard InChI is InChI=1S/C26H30N4O2/c1-4-11-28-25(31)19-7-10-24-21(12-19)22(13-23-17(3)16(2)14-29-23)26(32)30(24)15-18-5-8-20(27)9-6-18/h1,7,10,12-14,18,20,29H,5-6,8-9,11,15,27H2,2-3H3,(H,28,31)/b22-13-. The van der Waals surface area contributed by atoms with Crippen LogP contribution in [0.3, 0.4) is 0 Å². The number of carbonyl (C=O) groups excluding carboxylic acids is 2. The molecule has 2 amide bonds. The van der Waals surface area contributed by atoms with Crippen molar-refractivity contribution in [3.8, 4) is 12.3 Å². The zero-order chi connectivity index (χ0) is 22.8. The van der Waals surface area contributed by atoms with Gasteiger partial charge in [-0.05, 0) is 80.9 Å². The van der Waals surface area contributed by atoms with Crippen molar-refractivity contribution in [3.63, 3.8) is 0 Å². The minimum absolute atomic E-state index is 0.0253. The van der Waals surface area contributed by atoms with Gasteiger partial charge < -0.3 is 20.9 Å². The van der Waals surface area contributed by atoms with Crippen LogP contribution in [0.25, 0.3) is 11.6 Å². The molecule has 1 aromatic carbocycles. The number of fused-ring (bicyclic) bond motifs is 1. The van der Waals surface area contributed by atoms with Gasteiger partial charge in [-0.15, -0.1) is 6.42 Å². The number of H-pyrrole nitrogens is 1. The van der Waals surface area contributed by atoms with Gasteiger partial charge in [0, 0.05) is 35.6 Å². The Morgan fingerprint density at radius 2 is 2.06 bits per heavy atom. The highest BCUT2D eigenvalue weighted by Crippen LogP contribution is 2.40. The van der Waals surface area contributed by atoms with Crippen LogP contribution in [-0.2, 0) is 4.79 Å². The number of nitrogens with two attached hydrogens (primary N) is 1. The van der Waals surface area contributed by atoms with Gasteiger partial charge in [0.25, 0.3) is 11.8 Å². The SMILES string of the molecule is C#CCNC(=O)c1ccc2c(c1)/C(=C/c1[nH]cc(C)c1C)C(=O)N2CC1CCC(N)CC1. The molecule has 1 aromatic heterocycles. The number of amides is 2. The lowest BCUT2D eigenvalue weighted by molar-refractivity contribution is -0.113. The van der Waals surface area contributed by atoms with E-state index in [0.717, 1.165) is 53.8 Å². The van der Waals surface area contributed by atoms with Gasteiger partial charge in [-0.25, -0.2) is 0 Å². The monoisotopic (exact) mass is 430 g/mol. The summed E-state index contributed by atoms with van der Waals surface area (Å²) in [4.78, 5) is 31.2. The summed E-state index contributed by atoms with van der Waals surface area (Å²) in [7, 11) is 0. The quantitative estimate of drug-likeness (QED) is 0.502. The summed E-state index contributed by atoms with van der Waals surface area (Å²) in [6, 6.07) is 5.70. The largest absolute Gasteiger partial charge is 0.361 e. The minimum atomic E-state index is -0.246. The molecule has 1 fully saturated rings. The third-order valence-electron chi connectivity index (χ3n) is 6.73. The number of nitrogens with zero attached hydrogens (tertiary/aromatic N) is 1. The second-order valence-electron chi connectivity index (χ2n) is 8.88. The van der Waals surface area contributed by atoms with E-state index >= 15 is 0 Å². The molecule has 0 radical (unpaired) electrons. The number of nitrogens with one attached hydrogen (secondary N) is 2. The number of hydrogen-bond donors (Lipinski definition) is 3. The fourth-order valence-electron chi connectivity index (χ4n) is 4.59. The lowest BCUT2D eigenvalue weighted by Crippen LogP contribution is -2.36. The molecule has 0 unspecified atom stereocenters. The van der Waals surface area contributed by atoms with E-state index in [2.05, 4.69) is 16.2 Å². The Labute approximate surface area is 189 Å². The lowest BCUT2D eigenvalue weighted by atomic mass is 9.86. The summed E-state index contributed by atoms with van der Waals surface area (Å²) in [6.07, 6.45) is 13.2. The van der Waals surface area contributed by atoms with E-state index in [9.17, 15) is 9.59 Å². The number of aryl methyl sites for hydroxylation is 1. The van der Waals surface area contributed by atoms with Gasteiger partial charge in [-0.3, -0.25) is 9.59 Å². The Morgan fingerprint density at radius 3 is 2.72 bits per heavy atom. The van der Waals surface area contributed by atoms with Crippen molar-refractivity contribution in [2.75, 3.05) is 18.0 Å². The minimum Gasteiger partial charge on any atom is -0.361 e. The average molecular weight is 431 g/mol. The molecule has 32 heavy (non-hydrogen) atoms. The van der Waals surface area contributed by atoms with Gasteiger partial charge in [-0.2, -0.15) is 0 Å². The number of aromatic nitrogens is 1. The molecule has 0 saturated heterocycles. The van der Waals surface area contributed by atoms with Crippen LogP contribution in [0.1, 0.15) is 58.4 Å². The summed E-state index contributed by atoms with van der Waals surface area (Å²) in [6.45, 7) is 4.90. The Bertz CT molecular complexity index is 1110. The zero-order valence-corrected chi connectivity index (χ0v) is 18.7.